The molecule has 3 N–H and O–H groups in total. The van der Waals surface area contributed by atoms with Crippen molar-refractivity contribution in [3.05, 3.63) is 137 Å². The van der Waals surface area contributed by atoms with Crippen LogP contribution < -0.4 is 15.4 Å². The van der Waals surface area contributed by atoms with Gasteiger partial charge >= 0.3 is 0 Å². The molecular weight excluding hydrogens is 552 g/mol. The molecule has 2 aliphatic rings. The molecule has 3 heterocycles. The van der Waals surface area contributed by atoms with Crippen LogP contribution >= 0.6 is 0 Å². The maximum atomic E-state index is 14.3. The lowest BCUT2D eigenvalue weighted by Gasteiger charge is -2.37. The van der Waals surface area contributed by atoms with Gasteiger partial charge < -0.3 is 25.3 Å². The number of fused-ring (bicyclic) bond motifs is 7. The molecule has 7 rings (SSSR count). The Hall–Kier alpha value is -5.37. The number of nitrogens with one attached hydrogen (secondary N) is 3. The summed E-state index contributed by atoms with van der Waals surface area (Å²) in [6, 6.07) is 30.6. The van der Waals surface area contributed by atoms with E-state index in [0.717, 1.165) is 38.9 Å². The van der Waals surface area contributed by atoms with Gasteiger partial charge in [0.1, 0.15) is 17.8 Å². The molecule has 8 nitrogen and oxygen atoms in total. The van der Waals surface area contributed by atoms with E-state index < -0.39 is 18.1 Å². The van der Waals surface area contributed by atoms with E-state index in [4.69, 9.17) is 4.74 Å². The normalized spacial score (nSPS) is 17.4. The molecule has 1 aromatic heterocycles. The summed E-state index contributed by atoms with van der Waals surface area (Å²) in [4.78, 5) is 47.0. The molecule has 3 amide bonds. The molecule has 8 heteroatoms. The Morgan fingerprint density at radius 2 is 1.68 bits per heavy atom. The van der Waals surface area contributed by atoms with Crippen LogP contribution in [0.15, 0.2) is 103 Å². The van der Waals surface area contributed by atoms with Crippen molar-refractivity contribution in [1.29, 1.82) is 0 Å². The van der Waals surface area contributed by atoms with E-state index in [9.17, 15) is 14.4 Å². The highest BCUT2D eigenvalue weighted by molar-refractivity contribution is 6.04. The molecular formula is C36H32N4O4. The van der Waals surface area contributed by atoms with Crippen LogP contribution in [0, 0.1) is 0 Å². The number of ether oxygens (including phenoxy) is 1. The maximum absolute atomic E-state index is 14.3. The van der Waals surface area contributed by atoms with E-state index in [2.05, 4.69) is 15.6 Å². The van der Waals surface area contributed by atoms with E-state index in [1.807, 2.05) is 103 Å². The fourth-order valence-electron chi connectivity index (χ4n) is 6.56. The van der Waals surface area contributed by atoms with Gasteiger partial charge in [-0.2, -0.15) is 0 Å². The summed E-state index contributed by atoms with van der Waals surface area (Å²) in [7, 11) is 1.60. The van der Waals surface area contributed by atoms with Crippen LogP contribution in [-0.4, -0.2) is 46.8 Å². The van der Waals surface area contributed by atoms with Gasteiger partial charge in [0.15, 0.2) is 0 Å². The predicted octanol–water partition coefficient (Wildman–Crippen LogP) is 4.69. The van der Waals surface area contributed by atoms with Crippen molar-refractivity contribution in [2.75, 3.05) is 7.11 Å². The van der Waals surface area contributed by atoms with Crippen LogP contribution in [0.4, 0.5) is 0 Å². The summed E-state index contributed by atoms with van der Waals surface area (Å²) in [5.74, 6) is -0.145. The van der Waals surface area contributed by atoms with E-state index in [0.29, 0.717) is 24.2 Å². The second-order valence-electron chi connectivity index (χ2n) is 11.3. The SMILES string of the molecule is COc1cccc(CNC(=O)[C@H](Cc2ccccc2)NC(=O)[C@@H]2Cc3c([nH]c4ccccc34)[C@H]3c4ccccc4C(=O)N32)c1. The van der Waals surface area contributed by atoms with Crippen molar-refractivity contribution < 1.29 is 19.1 Å². The predicted molar refractivity (Wildman–Crippen MR) is 167 cm³/mol. The van der Waals surface area contributed by atoms with E-state index >= 15 is 0 Å². The molecule has 0 radical (unpaired) electrons. The molecule has 220 valence electrons. The van der Waals surface area contributed by atoms with Crippen molar-refractivity contribution >= 4 is 28.6 Å². The molecule has 44 heavy (non-hydrogen) atoms. The molecule has 0 spiro atoms. The number of amides is 3. The Bertz CT molecular complexity index is 1880. The molecule has 4 aromatic carbocycles. The van der Waals surface area contributed by atoms with Crippen molar-refractivity contribution in [2.24, 2.45) is 0 Å². The maximum Gasteiger partial charge on any atom is 0.255 e. The van der Waals surface area contributed by atoms with Crippen molar-refractivity contribution in [1.82, 2.24) is 20.5 Å². The quantitative estimate of drug-likeness (QED) is 0.246. The summed E-state index contributed by atoms with van der Waals surface area (Å²) < 4.78 is 5.32. The third-order valence-electron chi connectivity index (χ3n) is 8.67. The number of aromatic nitrogens is 1. The minimum atomic E-state index is -0.849. The van der Waals surface area contributed by atoms with Gasteiger partial charge in [0, 0.05) is 41.5 Å². The lowest BCUT2D eigenvalue weighted by Crippen LogP contribution is -2.57. The van der Waals surface area contributed by atoms with Gasteiger partial charge in [-0.1, -0.05) is 78.9 Å². The first kappa shape index (κ1) is 27.5. The summed E-state index contributed by atoms with van der Waals surface area (Å²) in [5, 5.41) is 7.07. The van der Waals surface area contributed by atoms with Crippen molar-refractivity contribution in [3.63, 3.8) is 0 Å². The molecule has 0 fully saturated rings. The average molecular weight is 585 g/mol. The highest BCUT2D eigenvalue weighted by Crippen LogP contribution is 2.46. The Morgan fingerprint density at radius 1 is 0.932 bits per heavy atom. The smallest absolute Gasteiger partial charge is 0.255 e. The number of hydrogen-bond acceptors (Lipinski definition) is 4. The third-order valence-corrected chi connectivity index (χ3v) is 8.67. The fourth-order valence-corrected chi connectivity index (χ4v) is 6.56. The Balaban J connectivity index is 1.20. The standard InChI is InChI=1S/C36H32N4O4/c1-44-24-13-9-12-23(18-24)21-37-34(41)30(19-22-10-3-2-4-11-22)39-35(42)31-20-28-25-14-7-8-17-29(25)38-32(28)33-26-15-5-6-16-27(26)36(43)40(31)33/h2-18,30-31,33,38H,19-21H2,1H3,(H,37,41)(H,39,42)/t30-,31-,33+/m0/s1. The Labute approximate surface area is 255 Å². The number of hydrogen-bond donors (Lipinski definition) is 3. The first-order valence-electron chi connectivity index (χ1n) is 14.8. The van der Waals surface area contributed by atoms with E-state index in [1.54, 1.807) is 12.0 Å². The first-order valence-corrected chi connectivity index (χ1v) is 14.8. The van der Waals surface area contributed by atoms with Crippen LogP contribution in [0.25, 0.3) is 10.9 Å². The van der Waals surface area contributed by atoms with Gasteiger partial charge in [0.2, 0.25) is 11.8 Å². The summed E-state index contributed by atoms with van der Waals surface area (Å²) in [5.41, 5.74) is 6.19. The van der Waals surface area contributed by atoms with Crippen molar-refractivity contribution in [2.45, 2.75) is 37.5 Å². The Morgan fingerprint density at radius 3 is 2.52 bits per heavy atom. The van der Waals surface area contributed by atoms with Gasteiger partial charge in [-0.25, -0.2) is 0 Å². The van der Waals surface area contributed by atoms with Gasteiger partial charge in [0.25, 0.3) is 5.91 Å². The second kappa shape index (κ2) is 11.4. The van der Waals surface area contributed by atoms with Crippen LogP contribution in [-0.2, 0) is 29.0 Å². The zero-order valence-electron chi connectivity index (χ0n) is 24.2. The number of benzene rings is 4. The van der Waals surface area contributed by atoms with Gasteiger partial charge in [-0.05, 0) is 46.5 Å². The second-order valence-corrected chi connectivity index (χ2v) is 11.3. The number of methoxy groups -OCH3 is 1. The van der Waals surface area contributed by atoms with E-state index in [-0.39, 0.29) is 24.3 Å². The first-order chi connectivity index (χ1) is 21.5. The number of rotatable bonds is 8. The molecule has 0 saturated carbocycles. The highest BCUT2D eigenvalue weighted by atomic mass is 16.5. The number of H-pyrrole nitrogens is 1. The Kier molecular flexibility index (Phi) is 7.10. The average Bonchev–Trinajstić information content (AvgIpc) is 3.58. The zero-order valence-corrected chi connectivity index (χ0v) is 24.2. The van der Waals surface area contributed by atoms with Gasteiger partial charge in [-0.3, -0.25) is 14.4 Å². The number of nitrogens with zero attached hydrogens (tertiary/aromatic N) is 1. The molecule has 0 aliphatic carbocycles. The monoisotopic (exact) mass is 584 g/mol. The van der Waals surface area contributed by atoms with Gasteiger partial charge in [-0.15, -0.1) is 0 Å². The molecule has 0 bridgehead atoms. The minimum Gasteiger partial charge on any atom is -0.497 e. The lowest BCUT2D eigenvalue weighted by molar-refractivity contribution is -0.132. The third kappa shape index (κ3) is 4.88. The van der Waals surface area contributed by atoms with E-state index in [1.165, 1.54) is 0 Å². The minimum absolute atomic E-state index is 0.183. The van der Waals surface area contributed by atoms with Crippen LogP contribution in [0.3, 0.4) is 0 Å². The van der Waals surface area contributed by atoms with Gasteiger partial charge in [0.05, 0.1) is 13.2 Å². The fraction of sp³-hybridized carbons (Fsp3) is 0.194. The topological polar surface area (TPSA) is 104 Å². The number of carbonyl (C=O) groups excluding carboxylic acids is 3. The summed E-state index contributed by atoms with van der Waals surface area (Å²) >= 11 is 0. The summed E-state index contributed by atoms with van der Waals surface area (Å²) in [6.45, 7) is 0.279. The number of carbonyl (C=O) groups is 3. The van der Waals surface area contributed by atoms with Crippen molar-refractivity contribution in [3.8, 4) is 5.75 Å². The zero-order chi connectivity index (χ0) is 30.2. The molecule has 5 aromatic rings. The molecule has 0 unspecified atom stereocenters. The molecule has 3 atom stereocenters. The number of para-hydroxylation sites is 1. The largest absolute Gasteiger partial charge is 0.497 e. The lowest BCUT2D eigenvalue weighted by atomic mass is 9.89. The van der Waals surface area contributed by atoms with Crippen LogP contribution in [0.5, 0.6) is 5.75 Å². The number of aromatic amines is 1. The molecule has 2 aliphatic heterocycles. The van der Waals surface area contributed by atoms with Crippen LogP contribution in [0.2, 0.25) is 0 Å². The highest BCUT2D eigenvalue weighted by Gasteiger charge is 2.49. The summed E-state index contributed by atoms with van der Waals surface area (Å²) in [6.07, 6.45) is 0.643. The van der Waals surface area contributed by atoms with Crippen LogP contribution in [0.1, 0.15) is 44.3 Å². The molecule has 0 saturated heterocycles.